The van der Waals surface area contributed by atoms with Crippen molar-refractivity contribution in [3.05, 3.63) is 71.9 Å². The molecule has 27 heteroatoms. The van der Waals surface area contributed by atoms with Gasteiger partial charge in [0.05, 0.1) is 6.42 Å². The van der Waals surface area contributed by atoms with Crippen molar-refractivity contribution < 1.29 is 47.9 Å². The van der Waals surface area contributed by atoms with Crippen LogP contribution in [0, 0.1) is 5.92 Å². The highest BCUT2D eigenvalue weighted by Crippen LogP contribution is 2.22. The highest BCUT2D eigenvalue weighted by Gasteiger charge is 2.40. The molecule has 0 unspecified atom stereocenters. The molecule has 0 saturated carbocycles. The van der Waals surface area contributed by atoms with Crippen molar-refractivity contribution in [3.63, 3.8) is 0 Å². The lowest BCUT2D eigenvalue weighted by molar-refractivity contribution is -0.142. The molecule has 0 radical (unpaired) electrons. The third kappa shape index (κ3) is 19.0. The summed E-state index contributed by atoms with van der Waals surface area (Å²) in [5.41, 5.74) is 34.9. The summed E-state index contributed by atoms with van der Waals surface area (Å²) in [7, 11) is 0. The molecule has 2 aliphatic rings. The van der Waals surface area contributed by atoms with Crippen molar-refractivity contribution in [2.24, 2.45) is 50.3 Å². The van der Waals surface area contributed by atoms with Crippen LogP contribution in [0.1, 0.15) is 89.2 Å². The van der Waals surface area contributed by atoms with Gasteiger partial charge in [-0.25, -0.2) is 0 Å². The molecule has 0 aliphatic carbocycles. The van der Waals surface area contributed by atoms with Gasteiger partial charge in [0.1, 0.15) is 48.3 Å². The van der Waals surface area contributed by atoms with Crippen LogP contribution in [0.25, 0.3) is 10.9 Å². The first-order valence-electron chi connectivity index (χ1n) is 26.3. The molecule has 2 aromatic carbocycles. The predicted molar refractivity (Wildman–Crippen MR) is 292 cm³/mol. The molecule has 79 heavy (non-hydrogen) atoms. The van der Waals surface area contributed by atoms with Crippen LogP contribution in [-0.2, 0) is 60.8 Å². The van der Waals surface area contributed by atoms with Crippen LogP contribution in [0.3, 0.4) is 0 Å². The summed E-state index contributed by atoms with van der Waals surface area (Å²) in [6, 6.07) is 6.21. The molecular formula is C52H75N17O10. The van der Waals surface area contributed by atoms with Gasteiger partial charge in [-0.3, -0.25) is 57.9 Å². The monoisotopic (exact) mass is 1100 g/mol. The number of para-hydroxylation sites is 1. The molecule has 8 atom stereocenters. The molecule has 27 nitrogen and oxygen atoms in total. The topological polar surface area (TPSA) is 455 Å². The first-order valence-corrected chi connectivity index (χ1v) is 26.3. The van der Waals surface area contributed by atoms with Gasteiger partial charge < -0.3 is 81.5 Å². The number of H-pyrrole nitrogens is 1. The van der Waals surface area contributed by atoms with Crippen LogP contribution in [-0.4, -0.2) is 149 Å². The van der Waals surface area contributed by atoms with Gasteiger partial charge >= 0.3 is 0 Å². The predicted octanol–water partition coefficient (Wildman–Crippen LogP) is -3.35. The van der Waals surface area contributed by atoms with Gasteiger partial charge in [0, 0.05) is 56.0 Å². The Hall–Kier alpha value is -8.78. The molecule has 0 bridgehead atoms. The summed E-state index contributed by atoms with van der Waals surface area (Å²) < 4.78 is 0. The van der Waals surface area contributed by atoms with Crippen LogP contribution in [0.2, 0.25) is 0 Å². The third-order valence-corrected chi connectivity index (χ3v) is 13.3. The largest absolute Gasteiger partial charge is 0.370 e. The molecular weight excluding hydrogens is 1020 g/mol. The minimum absolute atomic E-state index is 0.0157. The molecule has 5 rings (SSSR count). The Kier molecular flexibility index (Phi) is 22.9. The van der Waals surface area contributed by atoms with Gasteiger partial charge in [-0.2, -0.15) is 0 Å². The third-order valence-electron chi connectivity index (χ3n) is 13.3. The Morgan fingerprint density at radius 1 is 0.646 bits per heavy atom. The molecule has 2 aliphatic heterocycles. The number of aromatic amines is 1. The average molecular weight is 1100 g/mol. The summed E-state index contributed by atoms with van der Waals surface area (Å²) in [6.07, 6.45) is 2.30. The van der Waals surface area contributed by atoms with E-state index in [0.29, 0.717) is 17.5 Å². The summed E-state index contributed by atoms with van der Waals surface area (Å²) in [5, 5.41) is 19.7. The smallest absolute Gasteiger partial charge is 0.245 e. The number of hydrogen-bond donors (Lipinski definition) is 14. The number of likely N-dealkylation sites (tertiary alicyclic amines) is 1. The van der Waals surface area contributed by atoms with Crippen LogP contribution < -0.4 is 71.6 Å². The number of benzene rings is 2. The lowest BCUT2D eigenvalue weighted by Gasteiger charge is -2.31. The molecule has 0 spiro atoms. The number of rotatable bonds is 30. The average Bonchev–Trinajstić information content (AvgIpc) is 4.18. The highest BCUT2D eigenvalue weighted by atomic mass is 16.2. The fraction of sp³-hybridized carbons (Fsp3) is 0.500. The van der Waals surface area contributed by atoms with E-state index in [2.05, 4.69) is 52.2 Å². The summed E-state index contributed by atoms with van der Waals surface area (Å²) in [5.74, 6) is -7.94. The Morgan fingerprint density at radius 3 is 1.81 bits per heavy atom. The van der Waals surface area contributed by atoms with Crippen molar-refractivity contribution in [2.75, 3.05) is 19.6 Å². The zero-order valence-electron chi connectivity index (χ0n) is 44.5. The second-order valence-electron chi connectivity index (χ2n) is 20.1. The number of fused-ring (bicyclic) bond motifs is 1. The van der Waals surface area contributed by atoms with Gasteiger partial charge in [-0.15, -0.1) is 0 Å². The zero-order valence-corrected chi connectivity index (χ0v) is 44.5. The number of amides is 10. The number of nitrogens with two attached hydrogens (primary N) is 6. The molecule has 2 saturated heterocycles. The fourth-order valence-electron chi connectivity index (χ4n) is 9.39. The maximum atomic E-state index is 14.8. The van der Waals surface area contributed by atoms with E-state index in [1.165, 1.54) is 4.90 Å². The standard InChI is InChI=1S/C52H75N17O10/c1-28(2)23-37(66-48(77)39(68-45(74)34-18-19-42(71)62-34)25-30-27-61-32-14-7-6-13-31(30)32)46(75)67-38(24-29-11-4-3-5-12-29)47(76)64-35(16-9-21-60-52(57)58)50(79)69-22-10-17-40(69)49(78)63-33(15-8-20-59-51(55)56)44(73)65-36(43(54)72)26-41(53)70/h3-7,11-14,27-28,33-40,61H,8-10,15-26H2,1-2H3,(H2,53,70)(H2,54,72)(H,62,71)(H,63,78)(H,64,76)(H,65,73)(H,66,77)(H,67,75)(H,68,74)(H4,55,56,59)(H4,57,58,60)/t33-,34-,35-,36-,37-,38-,39-,40-/m0/s1. The number of nitrogens with zero attached hydrogens (tertiary/aromatic N) is 3. The van der Waals surface area contributed by atoms with Crippen molar-refractivity contribution in [1.29, 1.82) is 0 Å². The van der Waals surface area contributed by atoms with E-state index in [-0.39, 0.29) is 108 Å². The number of primary amides is 2. The van der Waals surface area contributed by atoms with Gasteiger partial charge in [0.2, 0.25) is 59.1 Å². The van der Waals surface area contributed by atoms with E-state index in [4.69, 9.17) is 34.4 Å². The number of guanidine groups is 2. The second-order valence-corrected chi connectivity index (χ2v) is 20.1. The van der Waals surface area contributed by atoms with Crippen molar-refractivity contribution in [3.8, 4) is 0 Å². The van der Waals surface area contributed by atoms with E-state index >= 15 is 0 Å². The molecule has 3 aromatic rings. The SMILES string of the molecule is CC(C)C[C@H](NC(=O)[C@H](Cc1c[nH]c2ccccc12)NC(=O)[C@@H]1CCC(=O)N1)C(=O)N[C@@H](Cc1ccccc1)C(=O)N[C@@H](CCCN=C(N)N)C(=O)N1CCC[C@H]1C(=O)N[C@@H](CCCN=C(N)N)C(=O)N[C@@H](CC(N)=O)C(N)=O. The Balaban J connectivity index is 1.40. The van der Waals surface area contributed by atoms with Crippen molar-refractivity contribution >= 4 is 81.9 Å². The Labute approximate surface area is 456 Å². The molecule has 428 valence electrons. The molecule has 10 amide bonds. The van der Waals surface area contributed by atoms with E-state index in [1.807, 2.05) is 38.1 Å². The quantitative estimate of drug-likeness (QED) is 0.0176. The van der Waals surface area contributed by atoms with Crippen molar-refractivity contribution in [2.45, 2.75) is 139 Å². The molecule has 3 heterocycles. The highest BCUT2D eigenvalue weighted by molar-refractivity contribution is 5.99. The normalized spacial score (nSPS) is 17.2. The number of aromatic nitrogens is 1. The first-order chi connectivity index (χ1) is 37.6. The molecule has 20 N–H and O–H groups in total. The molecule has 2 fully saturated rings. The number of hydrogen-bond acceptors (Lipinski definition) is 12. The van der Waals surface area contributed by atoms with Gasteiger partial charge in [-0.05, 0) is 74.5 Å². The number of nitrogens with one attached hydrogen (secondary N) is 8. The maximum absolute atomic E-state index is 14.8. The van der Waals surface area contributed by atoms with Gasteiger partial charge in [-0.1, -0.05) is 62.4 Å². The fourth-order valence-corrected chi connectivity index (χ4v) is 9.39. The lowest BCUT2D eigenvalue weighted by atomic mass is 9.99. The van der Waals surface area contributed by atoms with E-state index in [9.17, 15) is 47.9 Å². The second kappa shape index (κ2) is 29.7. The minimum Gasteiger partial charge on any atom is -0.370 e. The number of aliphatic imine (C=N–C) groups is 2. The number of carbonyl (C=O) groups is 10. The maximum Gasteiger partial charge on any atom is 0.245 e. The van der Waals surface area contributed by atoms with Gasteiger partial charge in [0.25, 0.3) is 0 Å². The molecule has 1 aromatic heterocycles. The van der Waals surface area contributed by atoms with Crippen LogP contribution >= 0.6 is 0 Å². The van der Waals surface area contributed by atoms with Crippen molar-refractivity contribution in [1.82, 2.24) is 47.1 Å². The summed E-state index contributed by atoms with van der Waals surface area (Å²) in [4.78, 5) is 148. The Bertz CT molecular complexity index is 2720. The lowest BCUT2D eigenvalue weighted by Crippen LogP contribution is -2.60. The van der Waals surface area contributed by atoms with Crippen LogP contribution in [0.5, 0.6) is 0 Å². The van der Waals surface area contributed by atoms with E-state index in [0.717, 1.165) is 10.9 Å². The van der Waals surface area contributed by atoms with Crippen LogP contribution in [0.4, 0.5) is 0 Å². The first kappa shape index (κ1) is 61.1. The van der Waals surface area contributed by atoms with E-state index < -0.39 is 108 Å². The van der Waals surface area contributed by atoms with Gasteiger partial charge in [0.15, 0.2) is 11.9 Å². The number of carbonyl (C=O) groups excluding carboxylic acids is 10. The Morgan fingerprint density at radius 2 is 1.20 bits per heavy atom. The van der Waals surface area contributed by atoms with E-state index in [1.54, 1.807) is 36.5 Å². The minimum atomic E-state index is -1.49. The summed E-state index contributed by atoms with van der Waals surface area (Å²) >= 11 is 0. The van der Waals surface area contributed by atoms with Crippen LogP contribution in [0.15, 0.2) is 70.8 Å². The summed E-state index contributed by atoms with van der Waals surface area (Å²) in [6.45, 7) is 3.87. The zero-order chi connectivity index (χ0) is 57.8.